The summed E-state index contributed by atoms with van der Waals surface area (Å²) in [4.78, 5) is -0.225. The molecule has 1 aliphatic rings. The number of aryl methyl sites for hydroxylation is 1. The monoisotopic (exact) mass is 300 g/mol. The van der Waals surface area contributed by atoms with Crippen LogP contribution < -0.4 is 5.73 Å². The van der Waals surface area contributed by atoms with Crippen molar-refractivity contribution in [1.29, 1.82) is 0 Å². The molecule has 1 aliphatic heterocycles. The van der Waals surface area contributed by atoms with E-state index in [0.717, 1.165) is 12.8 Å². The van der Waals surface area contributed by atoms with Crippen molar-refractivity contribution in [1.82, 2.24) is 4.31 Å². The van der Waals surface area contributed by atoms with Crippen LogP contribution >= 0.6 is 0 Å². The third kappa shape index (κ3) is 2.87. The number of nitrogens with two attached hydrogens (primary N) is 1. The van der Waals surface area contributed by atoms with Gasteiger partial charge in [-0.1, -0.05) is 12.1 Å². The molecule has 1 aromatic carbocycles. The van der Waals surface area contributed by atoms with Crippen LogP contribution in [-0.4, -0.2) is 31.9 Å². The first kappa shape index (κ1) is 15.4. The zero-order valence-corrected chi connectivity index (χ0v) is 12.7. The van der Waals surface area contributed by atoms with Crippen molar-refractivity contribution in [2.75, 3.05) is 13.1 Å². The Morgan fingerprint density at radius 2 is 1.95 bits per heavy atom. The molecule has 0 saturated carbocycles. The van der Waals surface area contributed by atoms with Crippen molar-refractivity contribution >= 4 is 10.0 Å². The molecule has 2 N–H and O–H groups in total. The third-order valence-electron chi connectivity index (χ3n) is 4.02. The molecular weight excluding hydrogens is 279 g/mol. The van der Waals surface area contributed by atoms with Gasteiger partial charge in [0, 0.05) is 19.1 Å². The summed E-state index contributed by atoms with van der Waals surface area (Å²) in [5, 5.41) is 0. The number of hydrogen-bond acceptors (Lipinski definition) is 3. The lowest BCUT2D eigenvalue weighted by molar-refractivity contribution is 0.250. The van der Waals surface area contributed by atoms with Gasteiger partial charge in [-0.25, -0.2) is 12.8 Å². The van der Waals surface area contributed by atoms with Gasteiger partial charge in [-0.05, 0) is 44.2 Å². The van der Waals surface area contributed by atoms with Crippen LogP contribution in [0.25, 0.3) is 0 Å². The molecule has 6 heteroatoms. The minimum absolute atomic E-state index is 0.0653. The Labute approximate surface area is 119 Å². The van der Waals surface area contributed by atoms with E-state index in [1.54, 1.807) is 19.1 Å². The van der Waals surface area contributed by atoms with Crippen LogP contribution in [0.4, 0.5) is 4.39 Å². The lowest BCUT2D eigenvalue weighted by Crippen LogP contribution is -2.42. The van der Waals surface area contributed by atoms with Crippen LogP contribution in [0.3, 0.4) is 0 Å². The Hall–Kier alpha value is -0.980. The average molecular weight is 300 g/mol. The van der Waals surface area contributed by atoms with Crippen LogP contribution in [0.2, 0.25) is 0 Å². The zero-order chi connectivity index (χ0) is 14.9. The molecular formula is C14H21FN2O2S. The van der Waals surface area contributed by atoms with E-state index >= 15 is 0 Å². The molecule has 1 unspecified atom stereocenters. The van der Waals surface area contributed by atoms with E-state index in [4.69, 9.17) is 5.73 Å². The quantitative estimate of drug-likeness (QED) is 0.927. The zero-order valence-electron chi connectivity index (χ0n) is 11.8. The fourth-order valence-corrected chi connectivity index (χ4v) is 4.21. The highest BCUT2D eigenvalue weighted by atomic mass is 32.2. The summed E-state index contributed by atoms with van der Waals surface area (Å²) in [6.07, 6.45) is 1.45. The Balaban J connectivity index is 2.22. The highest BCUT2D eigenvalue weighted by molar-refractivity contribution is 7.89. The molecule has 0 aliphatic carbocycles. The van der Waals surface area contributed by atoms with Crippen molar-refractivity contribution in [2.24, 2.45) is 11.7 Å². The molecule has 4 nitrogen and oxygen atoms in total. The SMILES string of the molecule is Cc1cccc(S(=O)(=O)N2CCC(C(C)N)CC2)c1F. The van der Waals surface area contributed by atoms with E-state index in [1.807, 2.05) is 6.92 Å². The molecule has 1 saturated heterocycles. The van der Waals surface area contributed by atoms with E-state index in [-0.39, 0.29) is 10.9 Å². The number of sulfonamides is 1. The summed E-state index contributed by atoms with van der Waals surface area (Å²) < 4.78 is 40.4. The van der Waals surface area contributed by atoms with Gasteiger partial charge in [0.05, 0.1) is 0 Å². The van der Waals surface area contributed by atoms with Crippen molar-refractivity contribution in [2.45, 2.75) is 37.6 Å². The summed E-state index contributed by atoms with van der Waals surface area (Å²) in [6, 6.07) is 4.53. The van der Waals surface area contributed by atoms with Gasteiger partial charge in [-0.2, -0.15) is 4.31 Å². The summed E-state index contributed by atoms with van der Waals surface area (Å²) in [5.41, 5.74) is 6.19. The Bertz CT molecular complexity index is 579. The molecule has 0 bridgehead atoms. The molecule has 0 radical (unpaired) electrons. The first-order chi connectivity index (χ1) is 9.34. The van der Waals surface area contributed by atoms with Gasteiger partial charge in [0.2, 0.25) is 10.0 Å². The molecule has 1 fully saturated rings. The van der Waals surface area contributed by atoms with Crippen molar-refractivity contribution in [3.05, 3.63) is 29.6 Å². The van der Waals surface area contributed by atoms with Gasteiger partial charge in [0.15, 0.2) is 0 Å². The lowest BCUT2D eigenvalue weighted by atomic mass is 9.92. The van der Waals surface area contributed by atoms with Crippen LogP contribution in [-0.2, 0) is 10.0 Å². The number of benzene rings is 1. The molecule has 20 heavy (non-hydrogen) atoms. The fraction of sp³-hybridized carbons (Fsp3) is 0.571. The van der Waals surface area contributed by atoms with Crippen LogP contribution in [0.15, 0.2) is 23.1 Å². The Kier molecular flexibility index (Phi) is 4.46. The van der Waals surface area contributed by atoms with Gasteiger partial charge in [-0.3, -0.25) is 0 Å². The number of hydrogen-bond donors (Lipinski definition) is 1. The highest BCUT2D eigenvalue weighted by Gasteiger charge is 2.32. The van der Waals surface area contributed by atoms with E-state index < -0.39 is 15.8 Å². The second-order valence-corrected chi connectivity index (χ2v) is 7.39. The topological polar surface area (TPSA) is 63.4 Å². The standard InChI is InChI=1S/C14H21FN2O2S/c1-10-4-3-5-13(14(10)15)20(18,19)17-8-6-12(7-9-17)11(2)16/h3-5,11-12H,6-9,16H2,1-2H3. The average Bonchev–Trinajstić information content (AvgIpc) is 2.41. The molecule has 2 rings (SSSR count). The van der Waals surface area contributed by atoms with E-state index in [2.05, 4.69) is 0 Å². The molecule has 112 valence electrons. The first-order valence-electron chi connectivity index (χ1n) is 6.85. The second-order valence-electron chi connectivity index (χ2n) is 5.49. The van der Waals surface area contributed by atoms with Crippen LogP contribution in [0, 0.1) is 18.7 Å². The van der Waals surface area contributed by atoms with Gasteiger partial charge >= 0.3 is 0 Å². The van der Waals surface area contributed by atoms with E-state index in [9.17, 15) is 12.8 Å². The maximum Gasteiger partial charge on any atom is 0.245 e. The predicted octanol–water partition coefficient (Wildman–Crippen LogP) is 1.88. The summed E-state index contributed by atoms with van der Waals surface area (Å²) in [6.45, 7) is 4.32. The summed E-state index contributed by atoms with van der Waals surface area (Å²) >= 11 is 0. The normalized spacial score (nSPS) is 20.0. The minimum atomic E-state index is -3.75. The molecule has 1 heterocycles. The highest BCUT2D eigenvalue weighted by Crippen LogP contribution is 2.27. The van der Waals surface area contributed by atoms with Crippen LogP contribution in [0.1, 0.15) is 25.3 Å². The summed E-state index contributed by atoms with van der Waals surface area (Å²) in [5.74, 6) is -0.314. The smallest absolute Gasteiger partial charge is 0.245 e. The molecule has 0 amide bonds. The third-order valence-corrected chi connectivity index (χ3v) is 5.93. The van der Waals surface area contributed by atoms with Crippen molar-refractivity contribution < 1.29 is 12.8 Å². The minimum Gasteiger partial charge on any atom is -0.328 e. The maximum atomic E-state index is 14.0. The van der Waals surface area contributed by atoms with Crippen LogP contribution in [0.5, 0.6) is 0 Å². The molecule has 0 aromatic heterocycles. The molecule has 1 atom stereocenters. The number of rotatable bonds is 3. The Morgan fingerprint density at radius 1 is 1.35 bits per heavy atom. The second kappa shape index (κ2) is 5.79. The van der Waals surface area contributed by atoms with Gasteiger partial charge in [-0.15, -0.1) is 0 Å². The predicted molar refractivity (Wildman–Crippen MR) is 76.3 cm³/mol. The van der Waals surface area contributed by atoms with Crippen molar-refractivity contribution in [3.63, 3.8) is 0 Å². The fourth-order valence-electron chi connectivity index (χ4n) is 2.60. The van der Waals surface area contributed by atoms with Gasteiger partial charge < -0.3 is 5.73 Å². The van der Waals surface area contributed by atoms with Gasteiger partial charge in [0.25, 0.3) is 0 Å². The first-order valence-corrected chi connectivity index (χ1v) is 8.29. The number of nitrogens with zero attached hydrogens (tertiary/aromatic N) is 1. The van der Waals surface area contributed by atoms with E-state index in [1.165, 1.54) is 10.4 Å². The number of piperidine rings is 1. The number of halogens is 1. The van der Waals surface area contributed by atoms with Gasteiger partial charge in [0.1, 0.15) is 10.7 Å². The molecule has 0 spiro atoms. The maximum absolute atomic E-state index is 14.0. The largest absolute Gasteiger partial charge is 0.328 e. The van der Waals surface area contributed by atoms with Crippen molar-refractivity contribution in [3.8, 4) is 0 Å². The summed E-state index contributed by atoms with van der Waals surface area (Å²) in [7, 11) is -3.75. The lowest BCUT2D eigenvalue weighted by Gasteiger charge is -2.33. The van der Waals surface area contributed by atoms with E-state index in [0.29, 0.717) is 24.6 Å². The Morgan fingerprint density at radius 3 is 2.50 bits per heavy atom. The molecule has 1 aromatic rings.